The molecule has 0 rings (SSSR count). The van der Waals surface area contributed by atoms with Crippen molar-refractivity contribution in [3.8, 4) is 0 Å². The average molecular weight is 342 g/mol. The van der Waals surface area contributed by atoms with Crippen LogP contribution in [0.25, 0.3) is 0 Å². The Morgan fingerprint density at radius 1 is 0.789 bits per heavy atom. The van der Waals surface area contributed by atoms with Gasteiger partial charge in [-0.1, -0.05) is 45.4 Å². The number of likely N-dealkylation sites (N-methyl/N-ethyl adjacent to an activating group) is 1. The van der Waals surface area contributed by atoms with Crippen molar-refractivity contribution in [2.45, 2.75) is 64.3 Å². The molecule has 3 N–H and O–H groups in total. The van der Waals surface area contributed by atoms with Crippen LogP contribution in [0.3, 0.4) is 0 Å². The fourth-order valence-corrected chi connectivity index (χ4v) is 2.33. The number of unbranched alkanes of at least 4 members (excludes halogenated alkanes) is 7. The molecule has 0 amide bonds. The first-order valence-electron chi connectivity index (χ1n) is 7.26. The molecule has 0 aromatic carbocycles. The van der Waals surface area contributed by atoms with E-state index in [2.05, 4.69) is 6.92 Å². The van der Waals surface area contributed by atoms with Gasteiger partial charge in [0.1, 0.15) is 0 Å². The number of hydrogen-bond donors (Lipinski definition) is 3. The van der Waals surface area contributed by atoms with Crippen molar-refractivity contribution in [3.63, 3.8) is 0 Å². The van der Waals surface area contributed by atoms with Gasteiger partial charge in [-0.15, -0.1) is 0 Å². The van der Waals surface area contributed by atoms with Crippen LogP contribution in [-0.2, 0) is 0 Å². The Bertz CT molecular complexity index is 205. The van der Waals surface area contributed by atoms with Crippen molar-refractivity contribution >= 4 is 0 Å². The van der Waals surface area contributed by atoms with Crippen molar-refractivity contribution in [1.82, 2.24) is 0 Å². The molecule has 0 fully saturated rings. The van der Waals surface area contributed by atoms with E-state index < -0.39 is 5.97 Å². The Morgan fingerprint density at radius 3 is 1.63 bits per heavy atom. The minimum atomic E-state index is -2.55. The van der Waals surface area contributed by atoms with Crippen molar-refractivity contribution in [2.75, 3.05) is 27.2 Å². The summed E-state index contributed by atoms with van der Waals surface area (Å²) in [5.41, 5.74) is 0. The molecule has 0 unspecified atom stereocenters. The highest BCUT2D eigenvalue weighted by molar-refractivity contribution is 4.48. The van der Waals surface area contributed by atoms with Crippen LogP contribution < -0.4 is 17.0 Å². The van der Waals surface area contributed by atoms with E-state index in [0.717, 1.165) is 13.0 Å². The number of hydrogen-bond acceptors (Lipinski definition) is 3. The lowest BCUT2D eigenvalue weighted by atomic mass is 10.1. The van der Waals surface area contributed by atoms with E-state index in [1.165, 1.54) is 44.9 Å². The zero-order valence-electron chi connectivity index (χ0n) is 12.7. The Kier molecular flexibility index (Phi) is 12.5. The Morgan fingerprint density at radius 2 is 1.21 bits per heavy atom. The van der Waals surface area contributed by atoms with Gasteiger partial charge in [0.2, 0.25) is 0 Å². The maximum absolute atomic E-state index is 8.97. The molecule has 0 aliphatic heterocycles. The largest absolute Gasteiger partial charge is 1.00 e. The predicted molar refractivity (Wildman–Crippen MR) is 73.8 cm³/mol. The highest BCUT2D eigenvalue weighted by Gasteiger charge is 2.30. The molecule has 4 nitrogen and oxygen atoms in total. The van der Waals surface area contributed by atoms with E-state index in [-0.39, 0.29) is 23.5 Å². The van der Waals surface area contributed by atoms with E-state index >= 15 is 0 Å². The third-order valence-corrected chi connectivity index (χ3v) is 3.26. The molecule has 0 heterocycles. The second-order valence-electron chi connectivity index (χ2n) is 6.07. The first-order chi connectivity index (χ1) is 8.27. The van der Waals surface area contributed by atoms with Gasteiger partial charge in [0.05, 0.1) is 20.6 Å². The summed E-state index contributed by atoms with van der Waals surface area (Å²) in [6.45, 7) is 3.03. The van der Waals surface area contributed by atoms with Gasteiger partial charge in [-0.2, -0.15) is 0 Å². The van der Waals surface area contributed by atoms with Crippen molar-refractivity contribution < 1.29 is 36.8 Å². The Balaban J connectivity index is 0. The van der Waals surface area contributed by atoms with Gasteiger partial charge in [0, 0.05) is 0 Å². The maximum Gasteiger partial charge on any atom is 0.328 e. The molecule has 0 aromatic rings. The highest BCUT2D eigenvalue weighted by Crippen LogP contribution is 2.11. The number of quaternary nitrogens is 1. The van der Waals surface area contributed by atoms with Crippen LogP contribution in [0.15, 0.2) is 0 Å². The van der Waals surface area contributed by atoms with Gasteiger partial charge in [0.25, 0.3) is 0 Å². The van der Waals surface area contributed by atoms with E-state index in [0.29, 0.717) is 4.48 Å². The minimum Gasteiger partial charge on any atom is -1.00 e. The van der Waals surface area contributed by atoms with E-state index in [1.807, 2.05) is 14.1 Å². The fraction of sp³-hybridized carbons (Fsp3) is 1.00. The maximum atomic E-state index is 8.97. The number of aliphatic hydroxyl groups is 3. The molecular weight excluding hydrogens is 310 g/mol. The summed E-state index contributed by atoms with van der Waals surface area (Å²) in [6, 6.07) is 0. The highest BCUT2D eigenvalue weighted by atomic mass is 79.9. The Labute approximate surface area is 128 Å². The van der Waals surface area contributed by atoms with Gasteiger partial charge >= 0.3 is 5.97 Å². The third-order valence-electron chi connectivity index (χ3n) is 3.26. The molecule has 0 radical (unpaired) electrons. The predicted octanol–water partition coefficient (Wildman–Crippen LogP) is -1.16. The normalized spacial score (nSPS) is 12.3. The monoisotopic (exact) mass is 341 g/mol. The van der Waals surface area contributed by atoms with Crippen LogP contribution in [-0.4, -0.2) is 53.0 Å². The van der Waals surface area contributed by atoms with Gasteiger partial charge in [0.15, 0.2) is 6.54 Å². The molecule has 0 aliphatic carbocycles. The molecule has 0 saturated heterocycles. The number of rotatable bonds is 11. The van der Waals surface area contributed by atoms with Gasteiger partial charge < -0.3 is 36.8 Å². The lowest BCUT2D eigenvalue weighted by Crippen LogP contribution is -3.00. The van der Waals surface area contributed by atoms with Crippen LogP contribution in [0.4, 0.5) is 0 Å². The van der Waals surface area contributed by atoms with Crippen LogP contribution in [0.5, 0.6) is 0 Å². The summed E-state index contributed by atoms with van der Waals surface area (Å²) < 4.78 is 0.430. The topological polar surface area (TPSA) is 60.7 Å². The molecular formula is C14H32BrNO3. The van der Waals surface area contributed by atoms with Crippen LogP contribution >= 0.6 is 0 Å². The summed E-state index contributed by atoms with van der Waals surface area (Å²) in [6.07, 6.45) is 10.1. The SMILES string of the molecule is CCCCCCCCCC[N+](C)(C)CC(O)(O)O.[Br-]. The molecule has 0 saturated carbocycles. The van der Waals surface area contributed by atoms with Crippen LogP contribution in [0.1, 0.15) is 58.3 Å². The van der Waals surface area contributed by atoms with Gasteiger partial charge in [-0.3, -0.25) is 0 Å². The average Bonchev–Trinajstić information content (AvgIpc) is 2.18. The lowest BCUT2D eigenvalue weighted by molar-refractivity contribution is -0.905. The minimum absolute atomic E-state index is 0. The van der Waals surface area contributed by atoms with Crippen LogP contribution in [0, 0.1) is 0 Å². The Hall–Kier alpha value is 0.320. The van der Waals surface area contributed by atoms with E-state index in [4.69, 9.17) is 15.3 Å². The smallest absolute Gasteiger partial charge is 0.328 e. The molecule has 0 atom stereocenters. The van der Waals surface area contributed by atoms with E-state index in [9.17, 15) is 0 Å². The molecule has 0 aromatic heterocycles. The summed E-state index contributed by atoms with van der Waals surface area (Å²) in [5.74, 6) is -2.55. The van der Waals surface area contributed by atoms with Crippen molar-refractivity contribution in [2.24, 2.45) is 0 Å². The standard InChI is InChI=1S/C14H32NO3.BrH/c1-4-5-6-7-8-9-10-11-12-15(2,3)13-14(16,17)18;/h16-18H,4-13H2,1-3H3;1H/q+1;/p-1. The van der Waals surface area contributed by atoms with Crippen molar-refractivity contribution in [1.29, 1.82) is 0 Å². The number of nitrogens with zero attached hydrogens (tertiary/aromatic N) is 1. The molecule has 19 heavy (non-hydrogen) atoms. The third kappa shape index (κ3) is 16.3. The summed E-state index contributed by atoms with van der Waals surface area (Å²) in [7, 11) is 3.80. The first kappa shape index (κ1) is 21.6. The zero-order chi connectivity index (χ0) is 14.1. The molecule has 118 valence electrons. The summed E-state index contributed by atoms with van der Waals surface area (Å²) >= 11 is 0. The second kappa shape index (κ2) is 11.0. The molecule has 0 aliphatic rings. The van der Waals surface area contributed by atoms with Crippen LogP contribution in [0.2, 0.25) is 0 Å². The summed E-state index contributed by atoms with van der Waals surface area (Å²) in [5, 5.41) is 26.9. The molecule has 5 heteroatoms. The zero-order valence-corrected chi connectivity index (χ0v) is 14.3. The molecule has 0 spiro atoms. The lowest BCUT2D eigenvalue weighted by Gasteiger charge is -2.32. The van der Waals surface area contributed by atoms with Gasteiger partial charge in [-0.05, 0) is 12.8 Å². The fourth-order valence-electron chi connectivity index (χ4n) is 2.33. The first-order valence-corrected chi connectivity index (χ1v) is 7.26. The quantitative estimate of drug-likeness (QED) is 0.252. The summed E-state index contributed by atoms with van der Waals surface area (Å²) in [4.78, 5) is 0. The van der Waals surface area contributed by atoms with E-state index in [1.54, 1.807) is 0 Å². The van der Waals surface area contributed by atoms with Gasteiger partial charge in [-0.25, -0.2) is 0 Å². The van der Waals surface area contributed by atoms with Crippen molar-refractivity contribution in [3.05, 3.63) is 0 Å². The molecule has 0 bridgehead atoms. The second-order valence-corrected chi connectivity index (χ2v) is 6.07. The number of halogens is 1.